The number of benzene rings is 1. The van der Waals surface area contributed by atoms with Crippen LogP contribution in [0.4, 0.5) is 13.2 Å². The van der Waals surface area contributed by atoms with Crippen LogP contribution in [-0.4, -0.2) is 26.7 Å². The minimum atomic E-state index is -4.66. The van der Waals surface area contributed by atoms with Gasteiger partial charge in [0.05, 0.1) is 18.5 Å². The van der Waals surface area contributed by atoms with Gasteiger partial charge >= 0.3 is 12.1 Å². The van der Waals surface area contributed by atoms with Crippen molar-refractivity contribution in [1.29, 1.82) is 0 Å². The van der Waals surface area contributed by atoms with Crippen molar-refractivity contribution in [3.63, 3.8) is 0 Å². The minimum absolute atomic E-state index is 0.120. The molecule has 0 aliphatic rings. The van der Waals surface area contributed by atoms with E-state index in [1.807, 2.05) is 6.92 Å². The van der Waals surface area contributed by atoms with Crippen LogP contribution in [0.15, 0.2) is 35.0 Å². The Morgan fingerprint density at radius 2 is 1.88 bits per heavy atom. The number of hydrogen-bond acceptors (Lipinski definition) is 5. The Morgan fingerprint density at radius 3 is 2.50 bits per heavy atom. The van der Waals surface area contributed by atoms with E-state index in [1.165, 1.54) is 0 Å². The second-order valence-electron chi connectivity index (χ2n) is 4.95. The zero-order valence-corrected chi connectivity index (χ0v) is 12.6. The number of aromatic amines is 1. The van der Waals surface area contributed by atoms with Crippen molar-refractivity contribution in [1.82, 2.24) is 20.1 Å². The topological polar surface area (TPSA) is 76.8 Å². The quantitative estimate of drug-likeness (QED) is 0.762. The Labute approximate surface area is 134 Å². The number of halogens is 3. The maximum absolute atomic E-state index is 12.5. The Balaban J connectivity index is 1.78. The number of nitrogens with zero attached hydrogens (tertiary/aromatic N) is 3. The molecule has 126 valence electrons. The summed E-state index contributed by atoms with van der Waals surface area (Å²) < 4.78 is 47.0. The Hall–Kier alpha value is -2.84. The summed E-state index contributed by atoms with van der Waals surface area (Å²) in [7, 11) is 0. The van der Waals surface area contributed by atoms with Gasteiger partial charge in [0.1, 0.15) is 0 Å². The smallest absolute Gasteiger partial charge is 0.465 e. The molecule has 0 aliphatic heterocycles. The Kier molecular flexibility index (Phi) is 4.24. The third-order valence-electron chi connectivity index (χ3n) is 3.12. The third-order valence-corrected chi connectivity index (χ3v) is 3.12. The summed E-state index contributed by atoms with van der Waals surface area (Å²) in [5, 5.41) is 3.35. The van der Waals surface area contributed by atoms with E-state index in [0.29, 0.717) is 18.2 Å². The molecule has 0 saturated carbocycles. The highest BCUT2D eigenvalue weighted by atomic mass is 19.4. The van der Waals surface area contributed by atoms with Crippen LogP contribution in [0, 0.1) is 0 Å². The molecule has 3 aromatic rings. The van der Waals surface area contributed by atoms with Crippen molar-refractivity contribution in [3.05, 3.63) is 36.4 Å². The SMILES string of the molecule is CCCOc1ncc(-c2ccc(-c3noc(C(F)(F)F)n3)cc2)[nH]1. The van der Waals surface area contributed by atoms with E-state index in [-0.39, 0.29) is 5.82 Å². The van der Waals surface area contributed by atoms with Crippen LogP contribution in [0.25, 0.3) is 22.6 Å². The molecular formula is C15H13F3N4O2. The van der Waals surface area contributed by atoms with Crippen molar-refractivity contribution < 1.29 is 22.4 Å². The number of rotatable bonds is 5. The van der Waals surface area contributed by atoms with Crippen LogP contribution >= 0.6 is 0 Å². The number of hydrogen-bond donors (Lipinski definition) is 1. The van der Waals surface area contributed by atoms with Gasteiger partial charge in [0.25, 0.3) is 6.01 Å². The number of alkyl halides is 3. The average Bonchev–Trinajstić information content (AvgIpc) is 3.22. The second kappa shape index (κ2) is 6.34. The normalized spacial score (nSPS) is 11.7. The summed E-state index contributed by atoms with van der Waals surface area (Å²) in [6.07, 6.45) is -2.17. The fourth-order valence-electron chi connectivity index (χ4n) is 1.98. The molecule has 0 radical (unpaired) electrons. The lowest BCUT2D eigenvalue weighted by Gasteiger charge is -2.00. The van der Waals surface area contributed by atoms with Crippen molar-refractivity contribution in [3.8, 4) is 28.7 Å². The van der Waals surface area contributed by atoms with Crippen LogP contribution in [0.5, 0.6) is 6.01 Å². The Bertz CT molecular complexity index is 809. The molecule has 0 saturated heterocycles. The lowest BCUT2D eigenvalue weighted by atomic mass is 10.1. The van der Waals surface area contributed by atoms with Crippen LogP contribution in [0.3, 0.4) is 0 Å². The first-order valence-electron chi connectivity index (χ1n) is 7.17. The maximum atomic E-state index is 12.5. The molecule has 1 aromatic carbocycles. The van der Waals surface area contributed by atoms with E-state index in [9.17, 15) is 13.2 Å². The standard InChI is InChI=1S/C15H13F3N4O2/c1-2-7-23-14-19-8-11(20-14)9-3-5-10(6-4-9)12-21-13(24-22-12)15(16,17)18/h3-6,8H,2,7H2,1H3,(H,19,20). The van der Waals surface area contributed by atoms with Gasteiger partial charge in [-0.05, 0) is 12.0 Å². The number of nitrogens with one attached hydrogen (secondary N) is 1. The number of ether oxygens (including phenoxy) is 1. The first kappa shape index (κ1) is 16.0. The van der Waals surface area contributed by atoms with Gasteiger partial charge in [-0.3, -0.25) is 0 Å². The predicted octanol–water partition coefficient (Wildman–Crippen LogP) is 3.93. The van der Waals surface area contributed by atoms with Gasteiger partial charge in [0.2, 0.25) is 5.82 Å². The minimum Gasteiger partial charge on any atom is -0.465 e. The molecule has 3 rings (SSSR count). The van der Waals surface area contributed by atoms with E-state index in [4.69, 9.17) is 4.74 Å². The molecule has 2 aromatic heterocycles. The van der Waals surface area contributed by atoms with E-state index >= 15 is 0 Å². The molecule has 1 N–H and O–H groups in total. The summed E-state index contributed by atoms with van der Waals surface area (Å²) in [6, 6.07) is 7.07. The van der Waals surface area contributed by atoms with Crippen molar-refractivity contribution >= 4 is 0 Å². The predicted molar refractivity (Wildman–Crippen MR) is 78.1 cm³/mol. The molecule has 9 heteroatoms. The average molecular weight is 338 g/mol. The summed E-state index contributed by atoms with van der Waals surface area (Å²) >= 11 is 0. The molecule has 6 nitrogen and oxygen atoms in total. The summed E-state index contributed by atoms with van der Waals surface area (Å²) in [4.78, 5) is 10.5. The lowest BCUT2D eigenvalue weighted by Crippen LogP contribution is -2.04. The highest BCUT2D eigenvalue weighted by Crippen LogP contribution is 2.30. The lowest BCUT2D eigenvalue weighted by molar-refractivity contribution is -0.159. The molecule has 0 atom stereocenters. The summed E-state index contributed by atoms with van der Waals surface area (Å²) in [5.41, 5.74) is 1.95. The van der Waals surface area contributed by atoms with Gasteiger partial charge in [0.15, 0.2) is 0 Å². The van der Waals surface area contributed by atoms with Crippen LogP contribution in [0.2, 0.25) is 0 Å². The summed E-state index contributed by atoms with van der Waals surface area (Å²) in [6.45, 7) is 2.55. The van der Waals surface area contributed by atoms with Gasteiger partial charge < -0.3 is 14.2 Å². The van der Waals surface area contributed by atoms with Gasteiger partial charge in [-0.25, -0.2) is 4.98 Å². The highest BCUT2D eigenvalue weighted by Gasteiger charge is 2.38. The van der Waals surface area contributed by atoms with Gasteiger partial charge in [0, 0.05) is 5.56 Å². The summed E-state index contributed by atoms with van der Waals surface area (Å²) in [5.74, 6) is -1.49. The molecule has 0 aliphatic carbocycles. The van der Waals surface area contributed by atoms with Crippen LogP contribution < -0.4 is 4.74 Å². The molecule has 0 amide bonds. The fourth-order valence-corrected chi connectivity index (χ4v) is 1.98. The third kappa shape index (κ3) is 3.39. The number of aromatic nitrogens is 4. The molecule has 24 heavy (non-hydrogen) atoms. The fraction of sp³-hybridized carbons (Fsp3) is 0.267. The number of H-pyrrole nitrogens is 1. The van der Waals surface area contributed by atoms with Gasteiger partial charge in [-0.1, -0.05) is 36.3 Å². The monoisotopic (exact) mass is 338 g/mol. The highest BCUT2D eigenvalue weighted by molar-refractivity contribution is 5.64. The van der Waals surface area contributed by atoms with Gasteiger partial charge in [-0.2, -0.15) is 18.2 Å². The van der Waals surface area contributed by atoms with E-state index in [2.05, 4.69) is 24.6 Å². The molecule has 0 spiro atoms. The maximum Gasteiger partial charge on any atom is 0.471 e. The molecule has 0 bridgehead atoms. The van der Waals surface area contributed by atoms with E-state index in [0.717, 1.165) is 17.7 Å². The van der Waals surface area contributed by atoms with Crippen LogP contribution in [0.1, 0.15) is 19.2 Å². The molecule has 0 fully saturated rings. The first-order chi connectivity index (χ1) is 11.5. The molecule has 0 unspecified atom stereocenters. The Morgan fingerprint density at radius 1 is 1.17 bits per heavy atom. The van der Waals surface area contributed by atoms with Crippen molar-refractivity contribution in [2.24, 2.45) is 0 Å². The zero-order valence-electron chi connectivity index (χ0n) is 12.6. The second-order valence-corrected chi connectivity index (χ2v) is 4.95. The molecule has 2 heterocycles. The van der Waals surface area contributed by atoms with Gasteiger partial charge in [-0.15, -0.1) is 0 Å². The van der Waals surface area contributed by atoms with Crippen molar-refractivity contribution in [2.45, 2.75) is 19.5 Å². The van der Waals surface area contributed by atoms with Crippen LogP contribution in [-0.2, 0) is 6.18 Å². The van der Waals surface area contributed by atoms with Crippen molar-refractivity contribution in [2.75, 3.05) is 6.61 Å². The van der Waals surface area contributed by atoms with E-state index < -0.39 is 12.1 Å². The first-order valence-corrected chi connectivity index (χ1v) is 7.17. The van der Waals surface area contributed by atoms with E-state index in [1.54, 1.807) is 30.5 Å². The molecular weight excluding hydrogens is 325 g/mol. The number of imidazole rings is 1. The largest absolute Gasteiger partial charge is 0.471 e. The zero-order chi connectivity index (χ0) is 17.2.